The van der Waals surface area contributed by atoms with E-state index >= 15 is 0 Å². The molecule has 46 heteroatoms. The number of aliphatic hydroxyl groups excluding tert-OH is 7. The fraction of sp³-hybridized carbons (Fsp3) is 0.714. The minimum Gasteiger partial charge on any atom is -0.394 e. The Balaban J connectivity index is 1.07. The maximum absolute atomic E-state index is 14.0. The molecule has 0 bridgehead atoms. The number of fused-ring (bicyclic) bond motifs is 2. The van der Waals surface area contributed by atoms with E-state index in [2.05, 4.69) is 65.0 Å². The molecule has 0 radical (unpaired) electrons. The monoisotopic (exact) mass is 1950 g/mol. The number of rotatable bonds is 75. The Morgan fingerprint density at radius 1 is 0.401 bits per heavy atom. The van der Waals surface area contributed by atoms with Crippen molar-refractivity contribution in [1.29, 1.82) is 0 Å². The van der Waals surface area contributed by atoms with Crippen molar-refractivity contribution in [2.24, 2.45) is 0 Å². The van der Waals surface area contributed by atoms with Gasteiger partial charge in [0, 0.05) is 156 Å². The van der Waals surface area contributed by atoms with Crippen LogP contribution in [-0.4, -0.2) is 387 Å². The number of hydroxylamine groups is 2. The Morgan fingerprint density at radius 2 is 0.752 bits per heavy atom. The van der Waals surface area contributed by atoms with Crippen LogP contribution in [0.5, 0.6) is 0 Å². The highest BCUT2D eigenvalue weighted by molar-refractivity contribution is 5.95. The molecule has 6 unspecified atom stereocenters. The molecule has 3 aliphatic rings. The van der Waals surface area contributed by atoms with Gasteiger partial charge in [-0.05, 0) is 81.5 Å². The fourth-order valence-electron chi connectivity index (χ4n) is 13.8. The summed E-state index contributed by atoms with van der Waals surface area (Å²) in [4.78, 5) is 155. The van der Waals surface area contributed by atoms with Crippen molar-refractivity contribution in [3.63, 3.8) is 0 Å². The number of para-hydroxylation sites is 1. The zero-order valence-electron chi connectivity index (χ0n) is 79.1. The summed E-state index contributed by atoms with van der Waals surface area (Å²) >= 11 is 0. The van der Waals surface area contributed by atoms with Crippen LogP contribution in [0, 0.1) is 11.8 Å². The van der Waals surface area contributed by atoms with E-state index in [-0.39, 0.29) is 277 Å². The van der Waals surface area contributed by atoms with Gasteiger partial charge in [-0.2, -0.15) is 5.06 Å². The standard InChI is InChI=1S/C91H146N12O34/c1-64(107)99-82-86(121)84(119)71(59-105)136-88(82)132-41-12-9-22-73(110)92-33-15-36-95-76(113)29-46-129-61-91(63-131-48-31-78(115)97-38-17-35-94-75(112)24-11-14-43-134-90(4,135-49-40-104)103(123)66(3)109,62-130-47-30-77(114)96-37-16-34-93-74(111)23-10-13-42-133-89-83(100-65(2)108)87(122)85(120)72(60-106)137-89)101-80(117)32-45-125-51-53-127-55-57-128-56-54-126-52-50-124-44-28-79(116)98-39-27-81(118)102-58-69-20-6-5-18-67(69)25-26-68-19-7-8-21-70(68)102/h5-8,18-21,71-72,82-89,104-106,119-123H,9-17,22-24,27-63H2,1-4H3,(H,92,110)(H,93,111)(H,94,112)(H,95,113)(H,96,114)(H,97,115)(H,98,116)(H,99,107)(H,100,108)(H,101,117)/t71?,72?,82?,83?,84-,85-,86?,87?,88+,89+,90-,91?/m0/s1. The molecule has 18 N–H and O–H groups in total. The molecule has 0 aliphatic carbocycles. The first-order chi connectivity index (χ1) is 66.0. The summed E-state index contributed by atoms with van der Waals surface area (Å²) in [5.41, 5.74) is 1.72. The molecule has 11 atom stereocenters. The third-order valence-corrected chi connectivity index (χ3v) is 21.2. The number of anilines is 1. The summed E-state index contributed by atoms with van der Waals surface area (Å²) in [5.74, 6) is -0.183. The summed E-state index contributed by atoms with van der Waals surface area (Å²) in [6.07, 6.45) is -7.26. The molecule has 2 aromatic carbocycles. The smallest absolute Gasteiger partial charge is 0.274 e. The van der Waals surface area contributed by atoms with Crippen LogP contribution in [0.2, 0.25) is 0 Å². The Labute approximate surface area is 798 Å². The number of amides is 12. The maximum atomic E-state index is 14.0. The van der Waals surface area contributed by atoms with Gasteiger partial charge in [0.15, 0.2) is 12.6 Å². The van der Waals surface area contributed by atoms with Crippen LogP contribution in [0.4, 0.5) is 5.69 Å². The van der Waals surface area contributed by atoms with Gasteiger partial charge in [0.05, 0.1) is 151 Å². The van der Waals surface area contributed by atoms with Crippen LogP contribution in [-0.2, 0) is 130 Å². The second kappa shape index (κ2) is 69.6. The van der Waals surface area contributed by atoms with Crippen LogP contribution in [0.25, 0.3) is 0 Å². The van der Waals surface area contributed by atoms with Crippen molar-refractivity contribution in [3.05, 3.63) is 65.2 Å². The molecule has 0 aromatic heterocycles. The minimum absolute atomic E-state index is 0.00900. The number of nitrogens with zero attached hydrogens (tertiary/aromatic N) is 2. The molecule has 774 valence electrons. The van der Waals surface area contributed by atoms with Gasteiger partial charge in [-0.15, -0.1) is 0 Å². The number of ether oxygens (including phenoxy) is 14. The minimum atomic E-state index is -1.85. The zero-order valence-corrected chi connectivity index (χ0v) is 79.1. The SMILES string of the molecule is CC(=O)NC1C(O)[C@@H](O)C(CO)O[C@H]1OCCCCC(=O)NCCCNC(=O)CCOCC(COCCC(=O)NCCCNC(=O)CCCCO[C@@H]1OC(CO)[C@H](O)C(O)C1NC(C)=O)(COCCC(=O)NCCCNC(=O)CCCCO[C@@](C)(OCCO)N(O)C(C)=O)NC(=O)CCOCCOCCOCCOCCOCCC(=O)NCCC(=O)N1Cc2ccccc2C#Cc2ccccc21. The number of unbranched alkanes of at least 4 members (excludes halogenated alkanes) is 3. The molecule has 0 saturated carbocycles. The lowest BCUT2D eigenvalue weighted by Gasteiger charge is -2.42. The molecule has 12 amide bonds. The Bertz CT molecular complexity index is 3860. The molecule has 2 saturated heterocycles. The normalized spacial score (nSPS) is 19.2. The Hall–Kier alpha value is -9.24. The van der Waals surface area contributed by atoms with Gasteiger partial charge >= 0.3 is 0 Å². The molecule has 46 nitrogen and oxygen atoms in total. The lowest BCUT2D eigenvalue weighted by atomic mass is 9.97. The van der Waals surface area contributed by atoms with E-state index in [1.807, 2.05) is 48.5 Å². The summed E-state index contributed by atoms with van der Waals surface area (Å²) in [6, 6.07) is 13.0. The van der Waals surface area contributed by atoms with Gasteiger partial charge < -0.3 is 160 Å². The number of carbonyl (C=O) groups excluding carboxylic acids is 12. The summed E-state index contributed by atoms with van der Waals surface area (Å²) in [7, 11) is 0. The second-order valence-corrected chi connectivity index (χ2v) is 32.6. The van der Waals surface area contributed by atoms with Crippen LogP contribution < -0.4 is 58.1 Å². The average molecular weight is 1950 g/mol. The number of hydrogen-bond donors (Lipinski definition) is 18. The van der Waals surface area contributed by atoms with Crippen molar-refractivity contribution in [2.45, 2.75) is 223 Å². The molecule has 5 rings (SSSR count). The highest BCUT2D eigenvalue weighted by atomic mass is 16.8. The van der Waals surface area contributed by atoms with Crippen molar-refractivity contribution in [2.75, 3.05) is 203 Å². The first kappa shape index (κ1) is 118. The van der Waals surface area contributed by atoms with Crippen molar-refractivity contribution < 1.29 is 165 Å². The predicted octanol–water partition coefficient (Wildman–Crippen LogP) is -3.39. The van der Waals surface area contributed by atoms with Gasteiger partial charge in [-0.1, -0.05) is 42.2 Å². The van der Waals surface area contributed by atoms with Gasteiger partial charge in [-0.3, -0.25) is 62.7 Å². The molecule has 3 aliphatic heterocycles. The predicted molar refractivity (Wildman–Crippen MR) is 486 cm³/mol. The number of hydrogen-bond acceptors (Lipinski definition) is 34. The molecule has 2 fully saturated rings. The summed E-state index contributed by atoms with van der Waals surface area (Å²) in [6.45, 7) is 5.27. The highest BCUT2D eigenvalue weighted by Crippen LogP contribution is 2.28. The highest BCUT2D eigenvalue weighted by Gasteiger charge is 2.47. The van der Waals surface area contributed by atoms with Gasteiger partial charge in [0.1, 0.15) is 54.2 Å². The van der Waals surface area contributed by atoms with E-state index in [1.54, 1.807) is 4.90 Å². The van der Waals surface area contributed by atoms with E-state index < -0.39 is 127 Å². The Morgan fingerprint density at radius 3 is 1.15 bits per heavy atom. The van der Waals surface area contributed by atoms with E-state index in [4.69, 9.17) is 66.3 Å². The third kappa shape index (κ3) is 49.0. The van der Waals surface area contributed by atoms with E-state index in [9.17, 15) is 98.5 Å². The van der Waals surface area contributed by atoms with Gasteiger partial charge in [0.25, 0.3) is 5.91 Å². The van der Waals surface area contributed by atoms with E-state index in [0.717, 1.165) is 23.6 Å². The largest absolute Gasteiger partial charge is 0.394 e. The summed E-state index contributed by atoms with van der Waals surface area (Å²) < 4.78 is 80.0. The Kier molecular flexibility index (Phi) is 60.0. The van der Waals surface area contributed by atoms with Crippen LogP contribution in [0.1, 0.15) is 160 Å². The molecule has 0 spiro atoms. The van der Waals surface area contributed by atoms with E-state index in [0.29, 0.717) is 70.0 Å². The maximum Gasteiger partial charge on any atom is 0.274 e. The van der Waals surface area contributed by atoms with E-state index in [1.165, 1.54) is 20.8 Å². The first-order valence-electron chi connectivity index (χ1n) is 46.7. The lowest BCUT2D eigenvalue weighted by molar-refractivity contribution is -0.369. The average Bonchev–Trinajstić information content (AvgIpc) is 0.813. The third-order valence-electron chi connectivity index (χ3n) is 21.2. The number of aliphatic hydroxyl groups is 7. The van der Waals surface area contributed by atoms with Crippen molar-refractivity contribution in [3.8, 4) is 11.8 Å². The first-order valence-corrected chi connectivity index (χ1v) is 46.7. The molecular formula is C91H146N12O34. The molecule has 137 heavy (non-hydrogen) atoms. The topological polar surface area (TPSA) is 623 Å². The van der Waals surface area contributed by atoms with Crippen LogP contribution in [0.3, 0.4) is 0 Å². The molecular weight excluding hydrogens is 1810 g/mol. The zero-order chi connectivity index (χ0) is 99.9. The van der Waals surface area contributed by atoms with Gasteiger partial charge in [0.2, 0.25) is 70.9 Å². The van der Waals surface area contributed by atoms with Crippen LogP contribution >= 0.6 is 0 Å². The number of nitrogens with one attached hydrogen (secondary N) is 10. The van der Waals surface area contributed by atoms with Crippen LogP contribution in [0.15, 0.2) is 48.5 Å². The fourth-order valence-corrected chi connectivity index (χ4v) is 13.8. The number of benzene rings is 2. The lowest BCUT2D eigenvalue weighted by Crippen LogP contribution is -2.64. The molecule has 2 aromatic rings. The van der Waals surface area contributed by atoms with Crippen molar-refractivity contribution >= 4 is 76.6 Å². The summed E-state index contributed by atoms with van der Waals surface area (Å²) in [5, 5.41) is 108. The van der Waals surface area contributed by atoms with Crippen molar-refractivity contribution in [1.82, 2.24) is 58.2 Å². The number of carbonyl (C=O) groups is 12. The second-order valence-electron chi connectivity index (χ2n) is 32.6. The quantitative estimate of drug-likeness (QED) is 0.0101. The molecule has 3 heterocycles. The van der Waals surface area contributed by atoms with Gasteiger partial charge in [-0.25, -0.2) is 0 Å².